The van der Waals surface area contributed by atoms with Crippen molar-refractivity contribution in [1.29, 1.82) is 0 Å². The summed E-state index contributed by atoms with van der Waals surface area (Å²) in [5.74, 6) is -1.04. The van der Waals surface area contributed by atoms with Crippen molar-refractivity contribution in [2.45, 2.75) is 6.54 Å². The Hall–Kier alpha value is -3.22. The van der Waals surface area contributed by atoms with Crippen LogP contribution in [0.4, 0.5) is 0 Å². The molecule has 4 rings (SSSR count). The van der Waals surface area contributed by atoms with Crippen molar-refractivity contribution in [3.05, 3.63) is 100 Å². The average Bonchev–Trinajstić information content (AvgIpc) is 3.02. The highest BCUT2D eigenvalue weighted by Gasteiger charge is 2.31. The summed E-state index contributed by atoms with van der Waals surface area (Å²) in [5, 5.41) is 9.05. The second-order valence-electron chi connectivity index (χ2n) is 6.76. The fourth-order valence-corrected chi connectivity index (χ4v) is 4.42. The van der Waals surface area contributed by atoms with Gasteiger partial charge in [0.1, 0.15) is 4.32 Å². The maximum absolute atomic E-state index is 12.9. The summed E-state index contributed by atoms with van der Waals surface area (Å²) < 4.78 is 0.551. The summed E-state index contributed by atoms with van der Waals surface area (Å²) in [6.07, 6.45) is 1.85. The van der Waals surface area contributed by atoms with Crippen molar-refractivity contribution in [1.82, 2.24) is 4.90 Å². The zero-order valence-corrected chi connectivity index (χ0v) is 17.5. The molecule has 30 heavy (non-hydrogen) atoms. The van der Waals surface area contributed by atoms with Gasteiger partial charge in [0.25, 0.3) is 5.91 Å². The third-order valence-corrected chi connectivity index (χ3v) is 6.08. The molecule has 0 aromatic heterocycles. The van der Waals surface area contributed by atoms with E-state index in [0.717, 1.165) is 22.3 Å². The van der Waals surface area contributed by atoms with Crippen molar-refractivity contribution < 1.29 is 14.7 Å². The molecule has 4 nitrogen and oxygen atoms in total. The van der Waals surface area contributed by atoms with E-state index in [0.29, 0.717) is 15.8 Å². The third-order valence-electron chi connectivity index (χ3n) is 4.71. The number of nitrogens with zero attached hydrogens (tertiary/aromatic N) is 1. The highest BCUT2D eigenvalue weighted by Crippen LogP contribution is 2.34. The van der Waals surface area contributed by atoms with Crippen molar-refractivity contribution in [3.8, 4) is 11.1 Å². The molecule has 6 heteroatoms. The van der Waals surface area contributed by atoms with Gasteiger partial charge < -0.3 is 5.11 Å². The predicted octanol–water partition coefficient (Wildman–Crippen LogP) is 5.45. The van der Waals surface area contributed by atoms with Gasteiger partial charge in [-0.05, 0) is 46.5 Å². The zero-order chi connectivity index (χ0) is 21.1. The van der Waals surface area contributed by atoms with Crippen LogP contribution in [0, 0.1) is 0 Å². The lowest BCUT2D eigenvalue weighted by Gasteiger charge is -2.14. The van der Waals surface area contributed by atoms with Crippen LogP contribution in [-0.4, -0.2) is 26.2 Å². The van der Waals surface area contributed by atoms with Crippen molar-refractivity contribution >= 4 is 46.3 Å². The second kappa shape index (κ2) is 8.65. The van der Waals surface area contributed by atoms with Crippen LogP contribution < -0.4 is 0 Å². The van der Waals surface area contributed by atoms with Gasteiger partial charge in [-0.25, -0.2) is 4.79 Å². The first-order chi connectivity index (χ1) is 14.5. The van der Waals surface area contributed by atoms with Gasteiger partial charge in [0, 0.05) is 0 Å². The lowest BCUT2D eigenvalue weighted by molar-refractivity contribution is -0.122. The molecule has 3 aromatic carbocycles. The van der Waals surface area contributed by atoms with Crippen LogP contribution in [0.3, 0.4) is 0 Å². The number of rotatable bonds is 5. The molecule has 1 saturated heterocycles. The molecule has 1 heterocycles. The van der Waals surface area contributed by atoms with Crippen LogP contribution in [0.15, 0.2) is 83.8 Å². The van der Waals surface area contributed by atoms with E-state index < -0.39 is 5.97 Å². The largest absolute Gasteiger partial charge is 0.478 e. The first-order valence-corrected chi connectivity index (χ1v) is 10.5. The average molecular weight is 432 g/mol. The number of hydrogen-bond donors (Lipinski definition) is 1. The minimum absolute atomic E-state index is 0.0925. The maximum Gasteiger partial charge on any atom is 0.335 e. The van der Waals surface area contributed by atoms with Crippen LogP contribution in [0.1, 0.15) is 21.5 Å². The molecule has 148 valence electrons. The van der Waals surface area contributed by atoms with Crippen molar-refractivity contribution in [3.63, 3.8) is 0 Å². The topological polar surface area (TPSA) is 57.6 Å². The van der Waals surface area contributed by atoms with Crippen LogP contribution >= 0.6 is 24.0 Å². The lowest BCUT2D eigenvalue weighted by atomic mass is 10.0. The predicted molar refractivity (Wildman–Crippen MR) is 124 cm³/mol. The Morgan fingerprint density at radius 3 is 2.40 bits per heavy atom. The SMILES string of the molecule is O=C(O)c1ccc(-c2cccc(C=C3SC(=S)N(Cc4ccccc4)C3=O)c2)cc1. The number of thiocarbonyl (C=S) groups is 1. The third kappa shape index (κ3) is 4.35. The summed E-state index contributed by atoms with van der Waals surface area (Å²) in [4.78, 5) is 26.1. The first kappa shape index (κ1) is 20.1. The van der Waals surface area contributed by atoms with Gasteiger partial charge in [0.15, 0.2) is 0 Å². The number of benzene rings is 3. The van der Waals surface area contributed by atoms with Crippen LogP contribution in [0.25, 0.3) is 17.2 Å². The van der Waals surface area contributed by atoms with E-state index in [2.05, 4.69) is 0 Å². The Kier molecular flexibility index (Phi) is 5.79. The molecule has 0 unspecified atom stereocenters. The molecule has 1 fully saturated rings. The zero-order valence-electron chi connectivity index (χ0n) is 15.8. The van der Waals surface area contributed by atoms with E-state index in [-0.39, 0.29) is 11.5 Å². The van der Waals surface area contributed by atoms with E-state index in [1.54, 1.807) is 29.2 Å². The number of amides is 1. The Balaban J connectivity index is 1.56. The molecular formula is C24H17NO3S2. The van der Waals surface area contributed by atoms with Gasteiger partial charge in [-0.3, -0.25) is 9.69 Å². The van der Waals surface area contributed by atoms with E-state index in [1.165, 1.54) is 11.8 Å². The molecule has 0 atom stereocenters. The summed E-state index contributed by atoms with van der Waals surface area (Å²) in [5.41, 5.74) is 4.02. The van der Waals surface area contributed by atoms with Gasteiger partial charge in [-0.15, -0.1) is 0 Å². The van der Waals surface area contributed by atoms with Crippen LogP contribution in [0.2, 0.25) is 0 Å². The van der Waals surface area contributed by atoms with Crippen LogP contribution in [0.5, 0.6) is 0 Å². The molecular weight excluding hydrogens is 414 g/mol. The molecule has 0 bridgehead atoms. The highest BCUT2D eigenvalue weighted by molar-refractivity contribution is 8.26. The normalized spacial score (nSPS) is 15.1. The van der Waals surface area contributed by atoms with Crippen molar-refractivity contribution in [2.75, 3.05) is 0 Å². The van der Waals surface area contributed by atoms with Gasteiger partial charge in [0.2, 0.25) is 0 Å². The van der Waals surface area contributed by atoms with E-state index in [1.807, 2.05) is 60.7 Å². The molecule has 0 radical (unpaired) electrons. The van der Waals surface area contributed by atoms with Gasteiger partial charge >= 0.3 is 5.97 Å². The van der Waals surface area contributed by atoms with E-state index in [4.69, 9.17) is 17.3 Å². The van der Waals surface area contributed by atoms with Crippen LogP contribution in [-0.2, 0) is 11.3 Å². The van der Waals surface area contributed by atoms with Crippen molar-refractivity contribution in [2.24, 2.45) is 0 Å². The van der Waals surface area contributed by atoms with E-state index >= 15 is 0 Å². The number of carbonyl (C=O) groups excluding carboxylic acids is 1. The standard InChI is InChI=1S/C24H17NO3S2/c26-22-21(30-24(29)25(22)15-16-5-2-1-3-6-16)14-17-7-4-8-20(13-17)18-9-11-19(12-10-18)23(27)28/h1-14H,15H2,(H,27,28). The highest BCUT2D eigenvalue weighted by atomic mass is 32.2. The molecule has 1 aliphatic heterocycles. The van der Waals surface area contributed by atoms with E-state index in [9.17, 15) is 9.59 Å². The summed E-state index contributed by atoms with van der Waals surface area (Å²) in [6, 6.07) is 24.3. The quantitative estimate of drug-likeness (QED) is 0.430. The Morgan fingerprint density at radius 1 is 0.967 bits per heavy atom. The second-order valence-corrected chi connectivity index (χ2v) is 8.44. The minimum Gasteiger partial charge on any atom is -0.478 e. The van der Waals surface area contributed by atoms with Gasteiger partial charge in [-0.2, -0.15) is 0 Å². The molecule has 3 aromatic rings. The minimum atomic E-state index is -0.951. The number of thioether (sulfide) groups is 1. The monoisotopic (exact) mass is 431 g/mol. The molecule has 0 saturated carbocycles. The molecule has 0 aliphatic carbocycles. The number of carboxylic acid groups (broad SMARTS) is 1. The lowest BCUT2D eigenvalue weighted by Crippen LogP contribution is -2.27. The number of aromatic carboxylic acids is 1. The van der Waals surface area contributed by atoms with Gasteiger partial charge in [0.05, 0.1) is 17.0 Å². The maximum atomic E-state index is 12.9. The number of carboxylic acids is 1. The Bertz CT molecular complexity index is 1150. The summed E-state index contributed by atoms with van der Waals surface area (Å²) in [7, 11) is 0. The van der Waals surface area contributed by atoms with Gasteiger partial charge in [-0.1, -0.05) is 84.6 Å². The molecule has 1 amide bonds. The smallest absolute Gasteiger partial charge is 0.335 e. The number of carbonyl (C=O) groups is 2. The summed E-state index contributed by atoms with van der Waals surface area (Å²) >= 11 is 6.73. The fraction of sp³-hybridized carbons (Fsp3) is 0.0417. The Labute approximate surface area is 183 Å². The Morgan fingerprint density at radius 2 is 1.70 bits per heavy atom. The fourth-order valence-electron chi connectivity index (χ4n) is 3.17. The molecule has 1 aliphatic rings. The summed E-state index contributed by atoms with van der Waals surface area (Å²) in [6.45, 7) is 0.457. The first-order valence-electron chi connectivity index (χ1n) is 9.24. The molecule has 0 spiro atoms. The molecule has 1 N–H and O–H groups in total. The number of hydrogen-bond acceptors (Lipinski definition) is 4.